The minimum atomic E-state index is -4.59. The highest BCUT2D eigenvalue weighted by molar-refractivity contribution is 5.90. The Morgan fingerprint density at radius 1 is 1.33 bits per heavy atom. The smallest absolute Gasteiger partial charge is 0.416 e. The zero-order chi connectivity index (χ0) is 20.5. The molecule has 1 heterocycles. The molecule has 8 heteroatoms. The van der Waals surface area contributed by atoms with E-state index in [0.717, 1.165) is 11.8 Å². The van der Waals surface area contributed by atoms with Gasteiger partial charge in [-0.3, -0.25) is 4.79 Å². The van der Waals surface area contributed by atoms with Crippen LogP contribution in [0.5, 0.6) is 0 Å². The van der Waals surface area contributed by atoms with Gasteiger partial charge in [0.15, 0.2) is 0 Å². The van der Waals surface area contributed by atoms with Crippen LogP contribution in [0.3, 0.4) is 0 Å². The first-order valence-corrected chi connectivity index (χ1v) is 8.58. The number of esters is 1. The van der Waals surface area contributed by atoms with Crippen LogP contribution in [0.4, 0.5) is 13.2 Å². The third kappa shape index (κ3) is 4.44. The minimum absolute atomic E-state index is 0.0405. The summed E-state index contributed by atoms with van der Waals surface area (Å²) in [6, 6.07) is 2.40. The van der Waals surface area contributed by atoms with Gasteiger partial charge in [-0.05, 0) is 44.3 Å². The molecule has 0 fully saturated rings. The molecule has 0 radical (unpaired) electrons. The predicted molar refractivity (Wildman–Crippen MR) is 96.5 cm³/mol. The number of hydrogen-bond donors (Lipinski definition) is 1. The van der Waals surface area contributed by atoms with Gasteiger partial charge in [0.05, 0.1) is 25.2 Å². The molecule has 1 aromatic carbocycles. The summed E-state index contributed by atoms with van der Waals surface area (Å²) in [4.78, 5) is 13.9. The molecule has 5 nitrogen and oxygen atoms in total. The minimum Gasteiger partial charge on any atom is -0.469 e. The van der Waals surface area contributed by atoms with Crippen LogP contribution >= 0.6 is 0 Å². The number of ether oxygens (including phenoxy) is 1. The predicted octanol–water partition coefficient (Wildman–Crippen LogP) is 3.07. The second kappa shape index (κ2) is 7.90. The lowest BCUT2D eigenvalue weighted by atomic mass is 9.97. The molecule has 0 amide bonds. The van der Waals surface area contributed by atoms with E-state index in [9.17, 15) is 23.1 Å². The molecule has 1 atom stereocenters. The van der Waals surface area contributed by atoms with Crippen LogP contribution in [0.15, 0.2) is 12.1 Å². The van der Waals surface area contributed by atoms with Crippen molar-refractivity contribution in [3.8, 4) is 0 Å². The van der Waals surface area contributed by atoms with Crippen LogP contribution < -0.4 is 0 Å². The topological polar surface area (TPSA) is 54.7 Å². The van der Waals surface area contributed by atoms with E-state index in [2.05, 4.69) is 0 Å². The maximum absolute atomic E-state index is 13.5. The summed E-state index contributed by atoms with van der Waals surface area (Å²) >= 11 is 0. The first kappa shape index (κ1) is 21.2. The van der Waals surface area contributed by atoms with Gasteiger partial charge in [-0.1, -0.05) is 0 Å². The zero-order valence-electron chi connectivity index (χ0n) is 16.1. The number of likely N-dealkylation sites (N-methyl/N-ethyl adjacent to an activating group) is 1. The molecule has 0 bridgehead atoms. The third-order valence-electron chi connectivity index (χ3n) is 4.71. The maximum atomic E-state index is 13.5. The van der Waals surface area contributed by atoms with Gasteiger partial charge in [0, 0.05) is 36.6 Å². The molecule has 0 spiro atoms. The van der Waals surface area contributed by atoms with Crippen molar-refractivity contribution < 1.29 is 27.8 Å². The molecule has 1 unspecified atom stereocenters. The number of alkyl halides is 3. The highest BCUT2D eigenvalue weighted by atomic mass is 19.4. The Labute approximate surface area is 156 Å². The average Bonchev–Trinajstić information content (AvgIpc) is 2.82. The molecular formula is C19H25F3N2O3. The van der Waals surface area contributed by atoms with Crippen molar-refractivity contribution in [1.29, 1.82) is 0 Å². The molecule has 0 saturated carbocycles. The van der Waals surface area contributed by atoms with Crippen LogP contribution in [0, 0.1) is 0 Å². The van der Waals surface area contributed by atoms with E-state index in [1.807, 2.05) is 19.0 Å². The van der Waals surface area contributed by atoms with E-state index in [-0.39, 0.29) is 12.0 Å². The van der Waals surface area contributed by atoms with Crippen molar-refractivity contribution in [2.24, 2.45) is 7.05 Å². The van der Waals surface area contributed by atoms with Gasteiger partial charge in [-0.2, -0.15) is 13.2 Å². The number of aryl methyl sites for hydroxylation is 1. The lowest BCUT2D eigenvalue weighted by Gasteiger charge is -2.16. The molecule has 2 rings (SSSR count). The van der Waals surface area contributed by atoms with Gasteiger partial charge in [0.1, 0.15) is 0 Å². The SMILES string of the molecule is COC(=O)Cc1c(CCN(C)C)n(C)c2cc(C(F)(F)F)c(C(C)O)cc12. The van der Waals surface area contributed by atoms with Gasteiger partial charge < -0.3 is 19.3 Å². The van der Waals surface area contributed by atoms with Gasteiger partial charge in [0.2, 0.25) is 0 Å². The molecule has 150 valence electrons. The van der Waals surface area contributed by atoms with E-state index in [0.29, 0.717) is 29.4 Å². The Kier molecular flexibility index (Phi) is 6.21. The van der Waals surface area contributed by atoms with Crippen molar-refractivity contribution in [3.63, 3.8) is 0 Å². The molecule has 27 heavy (non-hydrogen) atoms. The van der Waals surface area contributed by atoms with E-state index < -0.39 is 23.8 Å². The quantitative estimate of drug-likeness (QED) is 0.776. The van der Waals surface area contributed by atoms with E-state index in [1.165, 1.54) is 20.1 Å². The second-order valence-electron chi connectivity index (χ2n) is 6.92. The van der Waals surface area contributed by atoms with Crippen molar-refractivity contribution >= 4 is 16.9 Å². The Morgan fingerprint density at radius 2 is 1.96 bits per heavy atom. The molecule has 2 aromatic rings. The average molecular weight is 386 g/mol. The number of methoxy groups -OCH3 is 1. The van der Waals surface area contributed by atoms with Crippen molar-refractivity contribution in [3.05, 3.63) is 34.5 Å². The molecule has 0 aliphatic heterocycles. The summed E-state index contributed by atoms with van der Waals surface area (Å²) in [5.41, 5.74) is 0.719. The summed E-state index contributed by atoms with van der Waals surface area (Å²) in [5.74, 6) is -0.466. The van der Waals surface area contributed by atoms with Crippen molar-refractivity contribution in [2.75, 3.05) is 27.7 Å². The monoisotopic (exact) mass is 386 g/mol. The molecule has 0 aliphatic rings. The Hall–Kier alpha value is -2.06. The fourth-order valence-corrected chi connectivity index (χ4v) is 3.28. The molecular weight excluding hydrogens is 361 g/mol. The van der Waals surface area contributed by atoms with Crippen LogP contribution in [0.25, 0.3) is 10.9 Å². The number of carbonyl (C=O) groups is 1. The number of fused-ring (bicyclic) bond motifs is 1. The second-order valence-corrected chi connectivity index (χ2v) is 6.92. The van der Waals surface area contributed by atoms with E-state index in [4.69, 9.17) is 4.74 Å². The highest BCUT2D eigenvalue weighted by Gasteiger charge is 2.35. The number of rotatable bonds is 6. The number of aliphatic hydroxyl groups is 1. The summed E-state index contributed by atoms with van der Waals surface area (Å²) in [6.07, 6.45) is -5.35. The molecule has 0 aliphatic carbocycles. The number of hydrogen-bond acceptors (Lipinski definition) is 4. The number of carbonyl (C=O) groups excluding carboxylic acids is 1. The van der Waals surface area contributed by atoms with E-state index >= 15 is 0 Å². The standard InChI is InChI=1S/C19H25F3N2O3/c1-11(25)12-8-13-14(9-18(26)27-5)16(6-7-23(2)3)24(4)17(13)10-15(12)19(20,21)22/h8,10-11,25H,6-7,9H2,1-5H3. The summed E-state index contributed by atoms with van der Waals surface area (Å²) in [6.45, 7) is 1.97. The van der Waals surface area contributed by atoms with Crippen LogP contribution in [0.1, 0.15) is 35.4 Å². The lowest BCUT2D eigenvalue weighted by molar-refractivity contribution is -0.140. The van der Waals surface area contributed by atoms with Crippen LogP contribution in [-0.4, -0.2) is 48.3 Å². The normalized spacial score (nSPS) is 13.4. The van der Waals surface area contributed by atoms with Gasteiger partial charge in [-0.15, -0.1) is 0 Å². The number of aromatic nitrogens is 1. The number of benzene rings is 1. The highest BCUT2D eigenvalue weighted by Crippen LogP contribution is 2.39. The van der Waals surface area contributed by atoms with Gasteiger partial charge in [0.25, 0.3) is 0 Å². The fourth-order valence-electron chi connectivity index (χ4n) is 3.28. The van der Waals surface area contributed by atoms with Gasteiger partial charge in [-0.25, -0.2) is 0 Å². The Bertz CT molecular complexity index is 839. The van der Waals surface area contributed by atoms with Crippen molar-refractivity contribution in [2.45, 2.75) is 32.0 Å². The number of aliphatic hydroxyl groups excluding tert-OH is 1. The third-order valence-corrected chi connectivity index (χ3v) is 4.71. The first-order chi connectivity index (χ1) is 12.5. The summed E-state index contributed by atoms with van der Waals surface area (Å²) < 4.78 is 46.9. The fraction of sp³-hybridized carbons (Fsp3) is 0.526. The summed E-state index contributed by atoms with van der Waals surface area (Å²) in [7, 11) is 6.76. The summed E-state index contributed by atoms with van der Waals surface area (Å²) in [5, 5.41) is 10.4. The largest absolute Gasteiger partial charge is 0.469 e. The lowest BCUT2D eigenvalue weighted by Crippen LogP contribution is -2.17. The van der Waals surface area contributed by atoms with E-state index in [1.54, 1.807) is 11.6 Å². The van der Waals surface area contributed by atoms with Crippen molar-refractivity contribution in [1.82, 2.24) is 9.47 Å². The Balaban J connectivity index is 2.78. The van der Waals surface area contributed by atoms with Gasteiger partial charge >= 0.3 is 12.1 Å². The molecule has 1 aromatic heterocycles. The van der Waals surface area contributed by atoms with Crippen LogP contribution in [0.2, 0.25) is 0 Å². The molecule has 1 N–H and O–H groups in total. The maximum Gasteiger partial charge on any atom is 0.416 e. The molecule has 0 saturated heterocycles. The zero-order valence-corrected chi connectivity index (χ0v) is 16.1. The first-order valence-electron chi connectivity index (χ1n) is 8.58. The number of nitrogens with zero attached hydrogens (tertiary/aromatic N) is 2. The van der Waals surface area contributed by atoms with Crippen LogP contribution in [-0.2, 0) is 35.6 Å². The Morgan fingerprint density at radius 3 is 2.44 bits per heavy atom. The number of halogens is 3.